The maximum Gasteiger partial charge on any atom is 0.236 e. The Morgan fingerprint density at radius 2 is 1.88 bits per heavy atom. The standard InChI is InChI=1S/C18H19N3OS.ClH/c1-20-11-8-13(9-12-20)18(22)21-14-5-2-3-6-15(14)23-16-7-4-10-19-17(16)21;/h2-7,10,13H,8-9,11-12H2,1H3;1H. The molecule has 1 aromatic heterocycles. The van der Waals surface area contributed by atoms with E-state index in [4.69, 9.17) is 0 Å². The summed E-state index contributed by atoms with van der Waals surface area (Å²) >= 11 is 1.69. The molecule has 6 heteroatoms. The van der Waals surface area contributed by atoms with Gasteiger partial charge in [0.05, 0.1) is 30.7 Å². The number of anilines is 2. The molecule has 0 spiro atoms. The van der Waals surface area contributed by atoms with Crippen molar-refractivity contribution in [1.82, 2.24) is 4.98 Å². The highest BCUT2D eigenvalue weighted by molar-refractivity contribution is 7.99. The van der Waals surface area contributed by atoms with Crippen LogP contribution in [-0.4, -0.2) is 31.0 Å². The number of halogens is 1. The van der Waals surface area contributed by atoms with E-state index in [9.17, 15) is 4.79 Å². The summed E-state index contributed by atoms with van der Waals surface area (Å²) in [7, 11) is 2.20. The average molecular weight is 362 g/mol. The van der Waals surface area contributed by atoms with Gasteiger partial charge in [-0.3, -0.25) is 9.69 Å². The van der Waals surface area contributed by atoms with Crippen molar-refractivity contribution in [3.63, 3.8) is 0 Å². The Hall–Kier alpha value is -1.56. The van der Waals surface area contributed by atoms with Crippen molar-refractivity contribution in [2.24, 2.45) is 5.92 Å². The second-order valence-electron chi connectivity index (χ2n) is 6.30. The maximum atomic E-state index is 13.3. The highest BCUT2D eigenvalue weighted by Gasteiger charge is 2.35. The number of benzene rings is 1. The van der Waals surface area contributed by atoms with Gasteiger partial charge in [-0.1, -0.05) is 23.9 Å². The monoisotopic (exact) mass is 361 g/mol. The molecule has 126 valence electrons. The highest BCUT2D eigenvalue weighted by atomic mass is 35.5. The molecule has 3 heterocycles. The Labute approximate surface area is 152 Å². The number of amides is 1. The molecule has 4 rings (SSSR count). The first-order valence-corrected chi connectivity index (χ1v) is 8.93. The molecule has 4 nitrogen and oxygen atoms in total. The van der Waals surface area contributed by atoms with Gasteiger partial charge in [0.2, 0.25) is 5.91 Å². The first kappa shape index (κ1) is 17.3. The van der Waals surface area contributed by atoms with Crippen LogP contribution >= 0.6 is 11.8 Å². The second-order valence-corrected chi connectivity index (χ2v) is 7.38. The summed E-state index contributed by atoms with van der Waals surface area (Å²) < 4.78 is 0. The molecule has 1 N–H and O–H groups in total. The number of pyridine rings is 1. The number of hydrogen-bond acceptors (Lipinski definition) is 3. The third-order valence-corrected chi connectivity index (χ3v) is 5.80. The Kier molecular flexibility index (Phi) is 5.13. The number of hydrogen-bond donors (Lipinski definition) is 1. The minimum atomic E-state index is 0. The van der Waals surface area contributed by atoms with Gasteiger partial charge in [-0.15, -0.1) is 0 Å². The number of nitrogens with one attached hydrogen (secondary N) is 1. The van der Waals surface area contributed by atoms with Gasteiger partial charge in [-0.05, 0) is 24.3 Å². The molecule has 1 fully saturated rings. The summed E-state index contributed by atoms with van der Waals surface area (Å²) in [6.07, 6.45) is 3.68. The van der Waals surface area contributed by atoms with Crippen molar-refractivity contribution in [1.29, 1.82) is 0 Å². The second kappa shape index (κ2) is 7.13. The number of carbonyl (C=O) groups is 1. The number of nitrogens with zero attached hydrogens (tertiary/aromatic N) is 2. The van der Waals surface area contributed by atoms with Gasteiger partial charge in [-0.25, -0.2) is 4.98 Å². The van der Waals surface area contributed by atoms with Crippen molar-refractivity contribution in [3.05, 3.63) is 42.6 Å². The molecule has 0 atom stereocenters. The molecule has 2 aliphatic heterocycles. The van der Waals surface area contributed by atoms with Crippen molar-refractivity contribution in [3.8, 4) is 0 Å². The average Bonchev–Trinajstić information content (AvgIpc) is 2.59. The molecular formula is C18H20ClN3OS. The van der Waals surface area contributed by atoms with Crippen molar-refractivity contribution >= 4 is 29.2 Å². The number of rotatable bonds is 1. The van der Waals surface area contributed by atoms with Crippen LogP contribution in [0.5, 0.6) is 0 Å². The smallest absolute Gasteiger partial charge is 0.236 e. The predicted molar refractivity (Wildman–Crippen MR) is 91.3 cm³/mol. The fourth-order valence-corrected chi connectivity index (χ4v) is 4.38. The maximum absolute atomic E-state index is 13.3. The van der Waals surface area contributed by atoms with Crippen LogP contribution in [0.2, 0.25) is 0 Å². The molecule has 0 radical (unpaired) electrons. The lowest BCUT2D eigenvalue weighted by Gasteiger charge is -2.34. The molecule has 2 aromatic rings. The minimum absolute atomic E-state index is 0. The van der Waals surface area contributed by atoms with Crippen LogP contribution in [0.1, 0.15) is 12.8 Å². The molecular weight excluding hydrogens is 342 g/mol. The van der Waals surface area contributed by atoms with Gasteiger partial charge < -0.3 is 17.3 Å². The van der Waals surface area contributed by atoms with Crippen molar-refractivity contribution in [2.75, 3.05) is 25.0 Å². The van der Waals surface area contributed by atoms with Gasteiger partial charge >= 0.3 is 0 Å². The number of piperidine rings is 1. The highest BCUT2D eigenvalue weighted by Crippen LogP contribution is 2.47. The number of fused-ring (bicyclic) bond motifs is 2. The van der Waals surface area contributed by atoms with E-state index in [2.05, 4.69) is 18.1 Å². The Morgan fingerprint density at radius 1 is 1.17 bits per heavy atom. The molecule has 24 heavy (non-hydrogen) atoms. The zero-order valence-corrected chi connectivity index (χ0v) is 15.1. The first-order chi connectivity index (χ1) is 11.2. The van der Waals surface area contributed by atoms with Crippen LogP contribution < -0.4 is 22.2 Å². The van der Waals surface area contributed by atoms with Crippen LogP contribution in [-0.2, 0) is 4.79 Å². The van der Waals surface area contributed by atoms with E-state index < -0.39 is 0 Å². The third-order valence-electron chi connectivity index (χ3n) is 4.70. The Bertz CT molecular complexity index is 701. The van der Waals surface area contributed by atoms with E-state index in [1.807, 2.05) is 35.2 Å². The Balaban J connectivity index is 0.00000169. The van der Waals surface area contributed by atoms with Crippen LogP contribution in [0.3, 0.4) is 0 Å². The van der Waals surface area contributed by atoms with Gasteiger partial charge in [0.25, 0.3) is 0 Å². The largest absolute Gasteiger partial charge is 1.00 e. The topological polar surface area (TPSA) is 37.6 Å². The van der Waals surface area contributed by atoms with Crippen LogP contribution in [0.15, 0.2) is 52.4 Å². The first-order valence-electron chi connectivity index (χ1n) is 8.11. The summed E-state index contributed by atoms with van der Waals surface area (Å²) in [6, 6.07) is 12.1. The molecule has 0 aliphatic carbocycles. The summed E-state index contributed by atoms with van der Waals surface area (Å²) in [5, 5.41) is 0. The normalized spacial score (nSPS) is 22.1. The number of para-hydroxylation sites is 1. The van der Waals surface area contributed by atoms with Gasteiger partial charge in [0.1, 0.15) is 0 Å². The lowest BCUT2D eigenvalue weighted by molar-refractivity contribution is -0.885. The molecule has 1 saturated heterocycles. The van der Waals surface area contributed by atoms with E-state index >= 15 is 0 Å². The van der Waals surface area contributed by atoms with E-state index in [-0.39, 0.29) is 24.2 Å². The summed E-state index contributed by atoms with van der Waals surface area (Å²) in [4.78, 5) is 23.3. The van der Waals surface area contributed by atoms with Gasteiger partial charge in [-0.2, -0.15) is 0 Å². The van der Waals surface area contributed by atoms with Crippen molar-refractivity contribution < 1.29 is 22.1 Å². The number of quaternary nitrogens is 1. The SMILES string of the molecule is C[NH+]1CCC(C(=O)N2c3ccccc3Sc3cccnc32)CC1.[Cl-]. The summed E-state index contributed by atoms with van der Waals surface area (Å²) in [5.41, 5.74) is 0.972. The predicted octanol–water partition coefficient (Wildman–Crippen LogP) is -0.860. The molecule has 0 bridgehead atoms. The van der Waals surface area contributed by atoms with E-state index in [1.54, 1.807) is 18.0 Å². The number of aromatic nitrogens is 1. The third kappa shape index (κ3) is 3.04. The van der Waals surface area contributed by atoms with E-state index in [0.29, 0.717) is 0 Å². The van der Waals surface area contributed by atoms with Crippen molar-refractivity contribution in [2.45, 2.75) is 22.6 Å². The zero-order chi connectivity index (χ0) is 15.8. The molecule has 0 unspecified atom stereocenters. The van der Waals surface area contributed by atoms with Gasteiger partial charge in [0, 0.05) is 29.9 Å². The van der Waals surface area contributed by atoms with Crippen LogP contribution in [0, 0.1) is 5.92 Å². The summed E-state index contributed by atoms with van der Waals surface area (Å²) in [5.74, 6) is 1.09. The molecule has 0 saturated carbocycles. The summed E-state index contributed by atoms with van der Waals surface area (Å²) in [6.45, 7) is 2.13. The van der Waals surface area contributed by atoms with E-state index in [0.717, 1.165) is 47.2 Å². The van der Waals surface area contributed by atoms with E-state index in [1.165, 1.54) is 4.90 Å². The fourth-order valence-electron chi connectivity index (χ4n) is 3.35. The minimum Gasteiger partial charge on any atom is -1.00 e. The number of likely N-dealkylation sites (tertiary alicyclic amines) is 1. The Morgan fingerprint density at radius 3 is 2.67 bits per heavy atom. The number of carbonyl (C=O) groups excluding carboxylic acids is 1. The van der Waals surface area contributed by atoms with Crippen LogP contribution in [0.25, 0.3) is 0 Å². The van der Waals surface area contributed by atoms with Gasteiger partial charge in [0.15, 0.2) is 5.82 Å². The van der Waals surface area contributed by atoms with Crippen LogP contribution in [0.4, 0.5) is 11.5 Å². The lowest BCUT2D eigenvalue weighted by Crippen LogP contribution is -3.10. The fraction of sp³-hybridized carbons (Fsp3) is 0.333. The molecule has 1 amide bonds. The lowest BCUT2D eigenvalue weighted by atomic mass is 9.95. The zero-order valence-electron chi connectivity index (χ0n) is 13.5. The quantitative estimate of drug-likeness (QED) is 0.718. The molecule has 2 aliphatic rings. The molecule has 1 aromatic carbocycles.